The lowest BCUT2D eigenvalue weighted by Gasteiger charge is -2.14. The minimum absolute atomic E-state index is 0.655. The third kappa shape index (κ3) is 7.43. The van der Waals surface area contributed by atoms with E-state index in [1.54, 1.807) is 7.05 Å². The number of hydrogen-bond acceptors (Lipinski definition) is 3. The molecule has 0 amide bonds. The Morgan fingerprint density at radius 1 is 1.05 bits per heavy atom. The second-order valence-electron chi connectivity index (χ2n) is 4.87. The first-order chi connectivity index (χ1) is 10.8. The van der Waals surface area contributed by atoms with Gasteiger partial charge in [0.2, 0.25) is 0 Å². The molecular weight excluding hydrogens is 278 g/mol. The summed E-state index contributed by atoms with van der Waals surface area (Å²) in [4.78, 5) is 4.21. The van der Waals surface area contributed by atoms with Crippen LogP contribution in [0.3, 0.4) is 0 Å². The Balaban J connectivity index is 2.44. The van der Waals surface area contributed by atoms with Gasteiger partial charge in [0.05, 0.1) is 13.2 Å². The normalized spacial score (nSPS) is 11.5. The molecule has 0 radical (unpaired) electrons. The Kier molecular flexibility index (Phi) is 10.1. The lowest BCUT2D eigenvalue weighted by atomic mass is 10.1. The number of hydrogen-bond donors (Lipinski definition) is 2. The zero-order chi connectivity index (χ0) is 16.0. The number of ether oxygens (including phenoxy) is 2. The number of guanidine groups is 1. The van der Waals surface area contributed by atoms with E-state index in [1.807, 2.05) is 19.1 Å². The van der Waals surface area contributed by atoms with E-state index in [-0.39, 0.29) is 0 Å². The first-order valence-electron chi connectivity index (χ1n) is 7.98. The lowest BCUT2D eigenvalue weighted by Crippen LogP contribution is -2.38. The number of nitrogens with zero attached hydrogens (tertiary/aromatic N) is 1. The highest BCUT2D eigenvalue weighted by molar-refractivity contribution is 5.79. The predicted octanol–water partition coefficient (Wildman–Crippen LogP) is 2.31. The minimum Gasteiger partial charge on any atom is -0.380 e. The van der Waals surface area contributed by atoms with Gasteiger partial charge in [0, 0.05) is 33.4 Å². The molecule has 0 unspecified atom stereocenters. The molecule has 0 aliphatic carbocycles. The SMILES string of the molecule is CCCOCc1ccccc1CNC(=NC)NCCOCC. The Morgan fingerprint density at radius 2 is 1.82 bits per heavy atom. The Labute approximate surface area is 134 Å². The molecule has 2 N–H and O–H groups in total. The second-order valence-corrected chi connectivity index (χ2v) is 4.87. The van der Waals surface area contributed by atoms with Crippen LogP contribution in [0.1, 0.15) is 31.4 Å². The average Bonchev–Trinajstić information content (AvgIpc) is 2.55. The highest BCUT2D eigenvalue weighted by atomic mass is 16.5. The van der Waals surface area contributed by atoms with Gasteiger partial charge in [-0.3, -0.25) is 4.99 Å². The van der Waals surface area contributed by atoms with Crippen molar-refractivity contribution in [1.29, 1.82) is 0 Å². The summed E-state index contributed by atoms with van der Waals surface area (Å²) >= 11 is 0. The van der Waals surface area contributed by atoms with Gasteiger partial charge >= 0.3 is 0 Å². The summed E-state index contributed by atoms with van der Waals surface area (Å²) in [7, 11) is 1.77. The minimum atomic E-state index is 0.655. The molecule has 124 valence electrons. The summed E-state index contributed by atoms with van der Waals surface area (Å²) in [6.45, 7) is 8.44. The van der Waals surface area contributed by atoms with Crippen molar-refractivity contribution in [1.82, 2.24) is 10.6 Å². The standard InChI is InChI=1S/C17H29N3O2/c1-4-11-22-14-16-9-7-6-8-15(16)13-20-17(18-3)19-10-12-21-5-2/h6-9H,4-5,10-14H2,1-3H3,(H2,18,19,20). The van der Waals surface area contributed by atoms with Crippen LogP contribution in [0.2, 0.25) is 0 Å². The highest BCUT2D eigenvalue weighted by Gasteiger charge is 2.03. The topological polar surface area (TPSA) is 54.9 Å². The first-order valence-corrected chi connectivity index (χ1v) is 7.98. The van der Waals surface area contributed by atoms with Gasteiger partial charge < -0.3 is 20.1 Å². The van der Waals surface area contributed by atoms with Crippen LogP contribution in [0.4, 0.5) is 0 Å². The molecule has 0 bridgehead atoms. The lowest BCUT2D eigenvalue weighted by molar-refractivity contribution is 0.121. The fourth-order valence-electron chi connectivity index (χ4n) is 1.98. The molecule has 0 atom stereocenters. The van der Waals surface area contributed by atoms with Gasteiger partial charge in [-0.25, -0.2) is 0 Å². The van der Waals surface area contributed by atoms with E-state index in [9.17, 15) is 0 Å². The molecule has 0 saturated carbocycles. The molecule has 1 aromatic rings. The molecule has 0 fully saturated rings. The van der Waals surface area contributed by atoms with Crippen LogP contribution in [-0.4, -0.2) is 39.4 Å². The van der Waals surface area contributed by atoms with Gasteiger partial charge in [-0.05, 0) is 24.5 Å². The van der Waals surface area contributed by atoms with Crippen molar-refractivity contribution in [2.24, 2.45) is 4.99 Å². The fourth-order valence-corrected chi connectivity index (χ4v) is 1.98. The van der Waals surface area contributed by atoms with Crippen LogP contribution in [0.15, 0.2) is 29.3 Å². The summed E-state index contributed by atoms with van der Waals surface area (Å²) in [6, 6.07) is 8.32. The van der Waals surface area contributed by atoms with E-state index in [1.165, 1.54) is 11.1 Å². The Bertz CT molecular complexity index is 436. The fraction of sp³-hybridized carbons (Fsp3) is 0.588. The molecule has 0 aromatic heterocycles. The number of nitrogens with one attached hydrogen (secondary N) is 2. The first kappa shape index (κ1) is 18.5. The summed E-state index contributed by atoms with van der Waals surface area (Å²) in [5.41, 5.74) is 2.44. The average molecular weight is 307 g/mol. The molecule has 0 spiro atoms. The third-order valence-electron chi connectivity index (χ3n) is 3.14. The van der Waals surface area contributed by atoms with Crippen LogP contribution in [-0.2, 0) is 22.6 Å². The van der Waals surface area contributed by atoms with Crippen molar-refractivity contribution in [2.45, 2.75) is 33.4 Å². The highest BCUT2D eigenvalue weighted by Crippen LogP contribution is 2.10. The van der Waals surface area contributed by atoms with Crippen LogP contribution < -0.4 is 10.6 Å². The number of aliphatic imine (C=N–C) groups is 1. The van der Waals surface area contributed by atoms with Gasteiger partial charge in [0.15, 0.2) is 5.96 Å². The Morgan fingerprint density at radius 3 is 2.50 bits per heavy atom. The van der Waals surface area contributed by atoms with E-state index in [2.05, 4.69) is 34.7 Å². The van der Waals surface area contributed by atoms with E-state index < -0.39 is 0 Å². The van der Waals surface area contributed by atoms with Crippen LogP contribution in [0.5, 0.6) is 0 Å². The largest absolute Gasteiger partial charge is 0.380 e. The van der Waals surface area contributed by atoms with Crippen molar-refractivity contribution in [3.8, 4) is 0 Å². The van der Waals surface area contributed by atoms with Crippen molar-refractivity contribution >= 4 is 5.96 Å². The van der Waals surface area contributed by atoms with Crippen LogP contribution in [0, 0.1) is 0 Å². The van der Waals surface area contributed by atoms with Gasteiger partial charge in [-0.1, -0.05) is 31.2 Å². The second kappa shape index (κ2) is 12.0. The zero-order valence-electron chi connectivity index (χ0n) is 14.0. The molecule has 0 saturated heterocycles. The van der Waals surface area contributed by atoms with Crippen molar-refractivity contribution in [3.05, 3.63) is 35.4 Å². The molecular formula is C17H29N3O2. The molecule has 5 nitrogen and oxygen atoms in total. The molecule has 0 aliphatic heterocycles. The van der Waals surface area contributed by atoms with Gasteiger partial charge in [-0.15, -0.1) is 0 Å². The van der Waals surface area contributed by atoms with Crippen LogP contribution >= 0.6 is 0 Å². The van der Waals surface area contributed by atoms with Gasteiger partial charge in [0.25, 0.3) is 0 Å². The summed E-state index contributed by atoms with van der Waals surface area (Å²) in [5, 5.41) is 6.55. The monoisotopic (exact) mass is 307 g/mol. The molecule has 5 heteroatoms. The van der Waals surface area contributed by atoms with E-state index in [0.29, 0.717) is 13.2 Å². The third-order valence-corrected chi connectivity index (χ3v) is 3.14. The molecule has 1 rings (SSSR count). The summed E-state index contributed by atoms with van der Waals surface area (Å²) in [6.07, 6.45) is 1.04. The molecule has 0 aliphatic rings. The maximum absolute atomic E-state index is 5.64. The smallest absolute Gasteiger partial charge is 0.191 e. The van der Waals surface area contributed by atoms with Crippen molar-refractivity contribution < 1.29 is 9.47 Å². The van der Waals surface area contributed by atoms with Crippen molar-refractivity contribution in [3.63, 3.8) is 0 Å². The number of benzene rings is 1. The number of rotatable bonds is 10. The Hall–Kier alpha value is -1.59. The predicted molar refractivity (Wildman–Crippen MR) is 91.1 cm³/mol. The molecule has 1 aromatic carbocycles. The summed E-state index contributed by atoms with van der Waals surface area (Å²) in [5.74, 6) is 0.781. The van der Waals surface area contributed by atoms with E-state index in [4.69, 9.17) is 9.47 Å². The van der Waals surface area contributed by atoms with E-state index in [0.717, 1.165) is 38.7 Å². The van der Waals surface area contributed by atoms with Gasteiger partial charge in [-0.2, -0.15) is 0 Å². The van der Waals surface area contributed by atoms with Crippen molar-refractivity contribution in [2.75, 3.05) is 33.4 Å². The molecule has 0 heterocycles. The zero-order valence-corrected chi connectivity index (χ0v) is 14.0. The van der Waals surface area contributed by atoms with Gasteiger partial charge in [0.1, 0.15) is 0 Å². The summed E-state index contributed by atoms with van der Waals surface area (Å²) < 4.78 is 10.9. The maximum Gasteiger partial charge on any atom is 0.191 e. The quantitative estimate of drug-likeness (QED) is 0.396. The molecule has 22 heavy (non-hydrogen) atoms. The van der Waals surface area contributed by atoms with Crippen LogP contribution in [0.25, 0.3) is 0 Å². The van der Waals surface area contributed by atoms with E-state index >= 15 is 0 Å². The maximum atomic E-state index is 5.64.